The van der Waals surface area contributed by atoms with Crippen LogP contribution in [0.15, 0.2) is 11.6 Å². The van der Waals surface area contributed by atoms with Crippen LogP contribution in [0, 0.1) is 50.7 Å². The van der Waals surface area contributed by atoms with Crippen molar-refractivity contribution in [1.82, 2.24) is 0 Å². The number of hydrogen-bond donors (Lipinski definition) is 8. The number of carbonyl (C=O) groups is 1. The maximum absolute atomic E-state index is 13.1. The highest BCUT2D eigenvalue weighted by molar-refractivity contribution is 5.77. The van der Waals surface area contributed by atoms with Gasteiger partial charge in [0.05, 0.1) is 30.3 Å². The molecule has 7 aliphatic rings. The van der Waals surface area contributed by atoms with E-state index < -0.39 is 84.8 Å². The summed E-state index contributed by atoms with van der Waals surface area (Å²) in [5.74, 6) is -0.672. The first-order chi connectivity index (χ1) is 25.1. The van der Waals surface area contributed by atoms with E-state index in [0.29, 0.717) is 31.6 Å². The standard InChI is InChI=1S/C41H66O13/c1-20-10-15-41(35(48)49)17-16-38(5)21(32(41)40(20,7)50)8-9-25-37(4)13-12-26(36(2,3)24(37)11-14-39(25,38)6)53-34-31(27(44)22(43)19-51-34)54-33-30(47)29(46)28(45)23(18-42)52-33/h8,20,22-34,42-47,50H,9-19H2,1-7H3,(H,48,49)/t20-,22+,23+,24-,25+,26-,27-,28+,29-,30+,31+,32+,33-,34-,37-,38+,39+,40+,41-/m0/s1. The summed E-state index contributed by atoms with van der Waals surface area (Å²) in [6.07, 6.45) is -4.14. The van der Waals surface area contributed by atoms with Gasteiger partial charge in [0, 0.05) is 5.92 Å². The van der Waals surface area contributed by atoms with Crippen LogP contribution in [0.1, 0.15) is 106 Å². The lowest BCUT2D eigenvalue weighted by Gasteiger charge is -2.72. The Balaban J connectivity index is 1.14. The predicted octanol–water partition coefficient (Wildman–Crippen LogP) is 2.49. The van der Waals surface area contributed by atoms with Gasteiger partial charge in [0.25, 0.3) is 0 Å². The number of fused-ring (bicyclic) bond motifs is 7. The molecule has 13 nitrogen and oxygen atoms in total. The van der Waals surface area contributed by atoms with Gasteiger partial charge < -0.3 is 59.8 Å². The number of aliphatic carboxylic acids is 1. The zero-order valence-corrected chi connectivity index (χ0v) is 33.1. The van der Waals surface area contributed by atoms with E-state index in [2.05, 4.69) is 47.6 Å². The first kappa shape index (κ1) is 40.9. The van der Waals surface area contributed by atoms with Gasteiger partial charge in [-0.2, -0.15) is 0 Å². The topological polar surface area (TPSA) is 216 Å². The van der Waals surface area contributed by atoms with Crippen LogP contribution >= 0.6 is 0 Å². The van der Waals surface area contributed by atoms with Crippen LogP contribution < -0.4 is 0 Å². The van der Waals surface area contributed by atoms with E-state index in [-0.39, 0.29) is 46.2 Å². The molecule has 0 aromatic carbocycles. The number of carboxylic acids is 1. The Morgan fingerprint density at radius 1 is 0.833 bits per heavy atom. The van der Waals surface area contributed by atoms with Crippen LogP contribution in [0.2, 0.25) is 0 Å². The van der Waals surface area contributed by atoms with Gasteiger partial charge >= 0.3 is 5.97 Å². The zero-order chi connectivity index (χ0) is 39.6. The van der Waals surface area contributed by atoms with Crippen LogP contribution in [0.3, 0.4) is 0 Å². The van der Waals surface area contributed by atoms with E-state index in [4.69, 9.17) is 18.9 Å². The second-order valence-corrected chi connectivity index (χ2v) is 19.9. The summed E-state index contributed by atoms with van der Waals surface area (Å²) < 4.78 is 24.2. The van der Waals surface area contributed by atoms with Crippen molar-refractivity contribution < 1.29 is 64.6 Å². The van der Waals surface area contributed by atoms with Crippen molar-refractivity contribution in [1.29, 1.82) is 0 Å². The normalized spacial score (nSPS) is 55.7. The van der Waals surface area contributed by atoms with Crippen LogP contribution in [-0.2, 0) is 23.7 Å². The number of ether oxygens (including phenoxy) is 4. The number of rotatable bonds is 6. The summed E-state index contributed by atoms with van der Waals surface area (Å²) in [7, 11) is 0. The summed E-state index contributed by atoms with van der Waals surface area (Å²) in [4.78, 5) is 13.1. The summed E-state index contributed by atoms with van der Waals surface area (Å²) in [6, 6.07) is 0. The van der Waals surface area contributed by atoms with Crippen molar-refractivity contribution in [2.75, 3.05) is 13.2 Å². The Morgan fingerprint density at radius 2 is 1.54 bits per heavy atom. The van der Waals surface area contributed by atoms with Gasteiger partial charge in [0.2, 0.25) is 0 Å². The van der Waals surface area contributed by atoms with Crippen molar-refractivity contribution >= 4 is 5.97 Å². The molecule has 8 N–H and O–H groups in total. The smallest absolute Gasteiger partial charge is 0.310 e. The maximum atomic E-state index is 13.1. The first-order valence-electron chi connectivity index (χ1n) is 20.4. The molecular formula is C41H66O13. The molecule has 0 unspecified atom stereocenters. The molecule has 2 aliphatic heterocycles. The lowest BCUT2D eigenvalue weighted by atomic mass is 9.33. The molecule has 19 atom stereocenters. The van der Waals surface area contributed by atoms with Gasteiger partial charge in [0.15, 0.2) is 12.6 Å². The molecule has 2 saturated heterocycles. The molecule has 0 aromatic rings. The van der Waals surface area contributed by atoms with E-state index >= 15 is 0 Å². The van der Waals surface area contributed by atoms with Crippen molar-refractivity contribution in [3.63, 3.8) is 0 Å². The van der Waals surface area contributed by atoms with Crippen LogP contribution in [0.4, 0.5) is 0 Å². The Labute approximate surface area is 319 Å². The van der Waals surface area contributed by atoms with Crippen LogP contribution in [0.25, 0.3) is 0 Å². The molecule has 2 heterocycles. The second kappa shape index (κ2) is 13.7. The SMILES string of the molecule is C[C@H]1CC[C@]2(C(=O)O)CC[C@]3(C)C(=CC[C@@H]4[C@@]5(C)CC[C@H](O[C@@H]6OC[C@@H](O)[C@H](O)[C@H]6O[C@@H]6O[C@H](CO)[C@@H](O)[C@H](O)[C@H]6O)C(C)(C)[C@@H]5CC[C@]43C)[C@@H]2[C@]1(C)O. The third kappa shape index (κ3) is 5.68. The second-order valence-electron chi connectivity index (χ2n) is 19.9. The molecule has 308 valence electrons. The quantitative estimate of drug-likeness (QED) is 0.144. The van der Waals surface area contributed by atoms with Gasteiger partial charge in [-0.1, -0.05) is 53.2 Å². The van der Waals surface area contributed by atoms with Gasteiger partial charge in [-0.05, 0) is 104 Å². The largest absolute Gasteiger partial charge is 0.481 e. The van der Waals surface area contributed by atoms with Crippen molar-refractivity contribution in [3.8, 4) is 0 Å². The van der Waals surface area contributed by atoms with Crippen LogP contribution in [0.5, 0.6) is 0 Å². The highest BCUT2D eigenvalue weighted by atomic mass is 16.8. The average molecular weight is 767 g/mol. The van der Waals surface area contributed by atoms with Gasteiger partial charge in [-0.25, -0.2) is 0 Å². The zero-order valence-electron chi connectivity index (χ0n) is 33.1. The van der Waals surface area contributed by atoms with Crippen molar-refractivity contribution in [2.45, 2.75) is 173 Å². The fraction of sp³-hybridized carbons (Fsp3) is 0.927. The highest BCUT2D eigenvalue weighted by Crippen LogP contribution is 2.76. The summed E-state index contributed by atoms with van der Waals surface area (Å²) in [5.41, 5.74) is -1.77. The lowest BCUT2D eigenvalue weighted by molar-refractivity contribution is -0.367. The molecular weight excluding hydrogens is 700 g/mol. The Morgan fingerprint density at radius 3 is 2.20 bits per heavy atom. The fourth-order valence-corrected chi connectivity index (χ4v) is 13.6. The fourth-order valence-electron chi connectivity index (χ4n) is 13.6. The summed E-state index contributed by atoms with van der Waals surface area (Å²) in [5, 5.41) is 85.5. The third-order valence-electron chi connectivity index (χ3n) is 17.3. The molecule has 7 rings (SSSR count). The lowest BCUT2D eigenvalue weighted by Crippen LogP contribution is -2.68. The molecule has 5 aliphatic carbocycles. The molecule has 13 heteroatoms. The molecule has 6 fully saturated rings. The van der Waals surface area contributed by atoms with E-state index in [0.717, 1.165) is 37.7 Å². The molecule has 0 aromatic heterocycles. The molecule has 0 spiro atoms. The first-order valence-corrected chi connectivity index (χ1v) is 20.4. The number of aliphatic hydroxyl groups excluding tert-OH is 6. The number of carboxylic acid groups (broad SMARTS) is 1. The van der Waals surface area contributed by atoms with Crippen molar-refractivity contribution in [3.05, 3.63) is 11.6 Å². The molecule has 4 saturated carbocycles. The average Bonchev–Trinajstić information content (AvgIpc) is 3.10. The van der Waals surface area contributed by atoms with Crippen molar-refractivity contribution in [2.24, 2.45) is 50.7 Å². The maximum Gasteiger partial charge on any atom is 0.310 e. The summed E-state index contributed by atoms with van der Waals surface area (Å²) in [6.45, 7) is 14.7. The summed E-state index contributed by atoms with van der Waals surface area (Å²) >= 11 is 0. The minimum atomic E-state index is -1.71. The number of allylic oxidation sites excluding steroid dienone is 1. The van der Waals surface area contributed by atoms with Gasteiger partial charge in [-0.3, -0.25) is 4.79 Å². The Kier molecular flexibility index (Phi) is 10.4. The molecule has 54 heavy (non-hydrogen) atoms. The van der Waals surface area contributed by atoms with Crippen LogP contribution in [-0.4, -0.2) is 127 Å². The predicted molar refractivity (Wildman–Crippen MR) is 193 cm³/mol. The molecule has 0 amide bonds. The minimum absolute atomic E-state index is 0.00666. The minimum Gasteiger partial charge on any atom is -0.481 e. The highest BCUT2D eigenvalue weighted by Gasteiger charge is 2.71. The third-order valence-corrected chi connectivity index (χ3v) is 17.3. The van der Waals surface area contributed by atoms with E-state index in [9.17, 15) is 45.6 Å². The Hall–Kier alpha value is -1.23. The number of hydrogen-bond acceptors (Lipinski definition) is 12. The van der Waals surface area contributed by atoms with Gasteiger partial charge in [0.1, 0.15) is 42.7 Å². The van der Waals surface area contributed by atoms with E-state index in [1.54, 1.807) is 0 Å². The molecule has 0 radical (unpaired) electrons. The molecule has 0 bridgehead atoms. The number of aliphatic hydroxyl groups is 7. The van der Waals surface area contributed by atoms with E-state index in [1.165, 1.54) is 0 Å². The Bertz CT molecular complexity index is 1470. The van der Waals surface area contributed by atoms with Gasteiger partial charge in [-0.15, -0.1) is 0 Å². The van der Waals surface area contributed by atoms with E-state index in [1.807, 2.05) is 6.92 Å². The monoisotopic (exact) mass is 766 g/mol.